The van der Waals surface area contributed by atoms with E-state index in [0.29, 0.717) is 10.6 Å². The average Bonchev–Trinajstić information content (AvgIpc) is 2.61. The molecule has 2 aromatic carbocycles. The first-order chi connectivity index (χ1) is 13.1. The lowest BCUT2D eigenvalue weighted by molar-refractivity contribution is -0.150. The van der Waals surface area contributed by atoms with E-state index in [0.717, 1.165) is 12.1 Å². The quantitative estimate of drug-likeness (QED) is 0.655. The number of halogens is 4. The smallest absolute Gasteiger partial charge is 0.418 e. The van der Waals surface area contributed by atoms with Crippen molar-refractivity contribution in [1.82, 2.24) is 0 Å². The Labute approximate surface area is 165 Å². The lowest BCUT2D eigenvalue weighted by Gasteiger charge is -2.20. The molecule has 2 aromatic rings. The second-order valence-electron chi connectivity index (χ2n) is 6.47. The molecule has 4 nitrogen and oxygen atoms in total. The molecular weight excluding hydrogens is 395 g/mol. The number of alkyl halides is 3. The number of carbonyl (C=O) groups excluding carboxylic acids is 2. The van der Waals surface area contributed by atoms with E-state index in [-0.39, 0.29) is 5.92 Å². The van der Waals surface area contributed by atoms with E-state index in [1.165, 1.54) is 12.1 Å². The molecule has 0 aromatic heterocycles. The fourth-order valence-electron chi connectivity index (χ4n) is 2.72. The Hall–Kier alpha value is -2.54. The second-order valence-corrected chi connectivity index (χ2v) is 6.91. The lowest BCUT2D eigenvalue weighted by Crippen LogP contribution is -2.27. The number of esters is 1. The summed E-state index contributed by atoms with van der Waals surface area (Å²) in [6.07, 6.45) is -4.61. The fraction of sp³-hybridized carbons (Fsp3) is 0.300. The van der Waals surface area contributed by atoms with Crippen LogP contribution >= 0.6 is 11.6 Å². The summed E-state index contributed by atoms with van der Waals surface area (Å²) in [6.45, 7) is 2.95. The molecule has 0 aliphatic rings. The zero-order valence-corrected chi connectivity index (χ0v) is 16.0. The molecule has 8 heteroatoms. The first kappa shape index (κ1) is 21.8. The molecule has 0 radical (unpaired) electrons. The number of hydrogen-bond donors (Lipinski definition) is 1. The standard InChI is InChI=1S/C20H19ClF3NO3/c1-12(2)18(13-7-9-14(21)10-8-13)19(27)28-11-17(26)25-16-6-4-3-5-15(16)20(22,23)24/h3-10,12,18H,11H2,1-2H3,(H,25,26)/t18-/m0/s1. The summed E-state index contributed by atoms with van der Waals surface area (Å²) < 4.78 is 44.0. The molecule has 0 spiro atoms. The SMILES string of the molecule is CC(C)[C@H](C(=O)OCC(=O)Nc1ccccc1C(F)(F)F)c1ccc(Cl)cc1. The van der Waals surface area contributed by atoms with Crippen LogP contribution in [0.25, 0.3) is 0 Å². The second kappa shape index (κ2) is 9.10. The summed E-state index contributed by atoms with van der Waals surface area (Å²) in [5.41, 5.74) is -0.697. The van der Waals surface area contributed by atoms with Crippen LogP contribution in [-0.2, 0) is 20.5 Å². The highest BCUT2D eigenvalue weighted by molar-refractivity contribution is 6.30. The van der Waals surface area contributed by atoms with Crippen LogP contribution in [0.15, 0.2) is 48.5 Å². The van der Waals surface area contributed by atoms with Gasteiger partial charge in [-0.3, -0.25) is 9.59 Å². The molecule has 0 bridgehead atoms. The Morgan fingerprint density at radius 3 is 2.25 bits per heavy atom. The average molecular weight is 414 g/mol. The van der Waals surface area contributed by atoms with Gasteiger partial charge in [0.25, 0.3) is 5.91 Å². The van der Waals surface area contributed by atoms with Gasteiger partial charge in [0, 0.05) is 5.02 Å². The van der Waals surface area contributed by atoms with Crippen molar-refractivity contribution >= 4 is 29.2 Å². The fourth-order valence-corrected chi connectivity index (χ4v) is 2.84. The van der Waals surface area contributed by atoms with E-state index >= 15 is 0 Å². The molecule has 0 saturated carbocycles. The van der Waals surface area contributed by atoms with Crippen LogP contribution in [0.5, 0.6) is 0 Å². The number of nitrogens with one attached hydrogen (secondary N) is 1. The van der Waals surface area contributed by atoms with Gasteiger partial charge in [-0.1, -0.05) is 49.7 Å². The Balaban J connectivity index is 2.04. The van der Waals surface area contributed by atoms with Crippen molar-refractivity contribution in [2.75, 3.05) is 11.9 Å². The van der Waals surface area contributed by atoms with Crippen LogP contribution in [0.4, 0.5) is 18.9 Å². The summed E-state index contributed by atoms with van der Waals surface area (Å²) in [5, 5.41) is 2.65. The number of amides is 1. The van der Waals surface area contributed by atoms with Crippen molar-refractivity contribution in [3.63, 3.8) is 0 Å². The Bertz CT molecular complexity index is 835. The zero-order valence-electron chi connectivity index (χ0n) is 15.2. The van der Waals surface area contributed by atoms with Gasteiger partial charge in [-0.15, -0.1) is 0 Å². The van der Waals surface area contributed by atoms with Crippen LogP contribution < -0.4 is 5.32 Å². The molecule has 0 aliphatic carbocycles. The predicted molar refractivity (Wildman–Crippen MR) is 100 cm³/mol. The topological polar surface area (TPSA) is 55.4 Å². The number of ether oxygens (including phenoxy) is 1. The molecule has 150 valence electrons. The number of rotatable bonds is 6. The number of benzene rings is 2. The number of para-hydroxylation sites is 1. The van der Waals surface area contributed by atoms with Gasteiger partial charge in [-0.25, -0.2) is 0 Å². The van der Waals surface area contributed by atoms with Gasteiger partial charge in [0.05, 0.1) is 17.2 Å². The number of anilines is 1. The molecule has 28 heavy (non-hydrogen) atoms. The highest BCUT2D eigenvalue weighted by atomic mass is 35.5. The Kier molecular flexibility index (Phi) is 7.07. The van der Waals surface area contributed by atoms with E-state index in [2.05, 4.69) is 5.32 Å². The van der Waals surface area contributed by atoms with Gasteiger partial charge in [0.2, 0.25) is 0 Å². The predicted octanol–water partition coefficient (Wildman–Crippen LogP) is 5.28. The molecule has 1 atom stereocenters. The van der Waals surface area contributed by atoms with Crippen LogP contribution in [-0.4, -0.2) is 18.5 Å². The molecule has 0 unspecified atom stereocenters. The van der Waals surface area contributed by atoms with E-state index in [1.54, 1.807) is 24.3 Å². The third kappa shape index (κ3) is 5.73. The molecule has 0 aliphatic heterocycles. The Morgan fingerprint density at radius 1 is 1.07 bits per heavy atom. The van der Waals surface area contributed by atoms with Gasteiger partial charge in [-0.05, 0) is 35.7 Å². The maximum absolute atomic E-state index is 13.0. The third-order valence-corrected chi connectivity index (χ3v) is 4.25. The van der Waals surface area contributed by atoms with Crippen molar-refractivity contribution in [3.8, 4) is 0 Å². The van der Waals surface area contributed by atoms with Crippen LogP contribution in [0.3, 0.4) is 0 Å². The number of carbonyl (C=O) groups is 2. The molecule has 1 N–H and O–H groups in total. The highest BCUT2D eigenvalue weighted by Gasteiger charge is 2.33. The van der Waals surface area contributed by atoms with Crippen molar-refractivity contribution < 1.29 is 27.5 Å². The van der Waals surface area contributed by atoms with Gasteiger partial charge in [0.1, 0.15) is 0 Å². The summed E-state index contributed by atoms with van der Waals surface area (Å²) in [7, 11) is 0. The normalized spacial score (nSPS) is 12.5. The summed E-state index contributed by atoms with van der Waals surface area (Å²) in [5.74, 6) is -2.25. The summed E-state index contributed by atoms with van der Waals surface area (Å²) >= 11 is 5.85. The lowest BCUT2D eigenvalue weighted by atomic mass is 9.88. The third-order valence-electron chi connectivity index (χ3n) is 4.00. The van der Waals surface area contributed by atoms with Gasteiger partial charge < -0.3 is 10.1 Å². The van der Waals surface area contributed by atoms with E-state index in [4.69, 9.17) is 16.3 Å². The molecule has 0 fully saturated rings. The van der Waals surface area contributed by atoms with Gasteiger partial charge in [-0.2, -0.15) is 13.2 Å². The zero-order chi connectivity index (χ0) is 20.9. The molecule has 0 saturated heterocycles. The Morgan fingerprint density at radius 2 is 1.68 bits per heavy atom. The van der Waals surface area contributed by atoms with Crippen molar-refractivity contribution in [1.29, 1.82) is 0 Å². The van der Waals surface area contributed by atoms with E-state index in [1.807, 2.05) is 13.8 Å². The molecular formula is C20H19ClF3NO3. The minimum absolute atomic E-state index is 0.123. The van der Waals surface area contributed by atoms with E-state index in [9.17, 15) is 22.8 Å². The van der Waals surface area contributed by atoms with Gasteiger partial charge >= 0.3 is 12.1 Å². The largest absolute Gasteiger partial charge is 0.455 e. The van der Waals surface area contributed by atoms with Crippen molar-refractivity contribution in [2.24, 2.45) is 5.92 Å². The van der Waals surface area contributed by atoms with Crippen LogP contribution in [0.2, 0.25) is 5.02 Å². The highest BCUT2D eigenvalue weighted by Crippen LogP contribution is 2.34. The van der Waals surface area contributed by atoms with Crippen LogP contribution in [0, 0.1) is 5.92 Å². The first-order valence-electron chi connectivity index (χ1n) is 8.47. The van der Waals surface area contributed by atoms with Crippen molar-refractivity contribution in [3.05, 3.63) is 64.7 Å². The maximum Gasteiger partial charge on any atom is 0.418 e. The monoisotopic (exact) mass is 413 g/mol. The molecule has 2 rings (SSSR count). The number of hydrogen-bond acceptors (Lipinski definition) is 3. The van der Waals surface area contributed by atoms with Crippen molar-refractivity contribution in [2.45, 2.75) is 25.9 Å². The van der Waals surface area contributed by atoms with Crippen LogP contribution in [0.1, 0.15) is 30.9 Å². The van der Waals surface area contributed by atoms with E-state index < -0.39 is 41.8 Å². The minimum atomic E-state index is -4.61. The molecule has 0 heterocycles. The maximum atomic E-state index is 13.0. The summed E-state index contributed by atoms with van der Waals surface area (Å²) in [6, 6.07) is 11.2. The van der Waals surface area contributed by atoms with Gasteiger partial charge in [0.15, 0.2) is 6.61 Å². The molecule has 1 amide bonds. The minimum Gasteiger partial charge on any atom is -0.455 e. The first-order valence-corrected chi connectivity index (χ1v) is 8.85. The summed E-state index contributed by atoms with van der Waals surface area (Å²) in [4.78, 5) is 24.4.